The molecular formula is C13H19F3N2O2S. The van der Waals surface area contributed by atoms with Crippen molar-refractivity contribution in [3.63, 3.8) is 0 Å². The maximum absolute atomic E-state index is 12.4. The summed E-state index contributed by atoms with van der Waals surface area (Å²) in [6, 6.07) is 6.31. The topological polar surface area (TPSA) is 49.4 Å². The molecule has 1 aromatic carbocycles. The Labute approximate surface area is 123 Å². The van der Waals surface area contributed by atoms with Gasteiger partial charge in [0.05, 0.1) is 11.3 Å². The minimum atomic E-state index is -4.38. The third-order valence-electron chi connectivity index (χ3n) is 2.94. The van der Waals surface area contributed by atoms with Gasteiger partial charge in [-0.2, -0.15) is 13.2 Å². The fourth-order valence-electron chi connectivity index (χ4n) is 1.73. The number of alkyl halides is 3. The van der Waals surface area contributed by atoms with Crippen LogP contribution in [0.4, 0.5) is 13.2 Å². The zero-order valence-corrected chi connectivity index (χ0v) is 12.8. The molecule has 0 unspecified atom stereocenters. The minimum absolute atomic E-state index is 0.0376. The van der Waals surface area contributed by atoms with Gasteiger partial charge in [-0.3, -0.25) is 0 Å². The molecule has 0 bridgehead atoms. The molecule has 0 aliphatic carbocycles. The number of nitrogens with one attached hydrogen (secondary N) is 1. The lowest BCUT2D eigenvalue weighted by Gasteiger charge is -2.20. The van der Waals surface area contributed by atoms with E-state index in [1.807, 2.05) is 6.92 Å². The molecule has 0 saturated heterocycles. The van der Waals surface area contributed by atoms with E-state index in [2.05, 4.69) is 5.32 Å². The maximum atomic E-state index is 12.4. The molecule has 21 heavy (non-hydrogen) atoms. The van der Waals surface area contributed by atoms with Crippen molar-refractivity contribution in [2.75, 3.05) is 20.1 Å². The number of hydrogen-bond acceptors (Lipinski definition) is 3. The van der Waals surface area contributed by atoms with Crippen LogP contribution in [0.5, 0.6) is 0 Å². The van der Waals surface area contributed by atoms with Crippen molar-refractivity contribution in [3.8, 4) is 0 Å². The molecule has 0 aromatic heterocycles. The van der Waals surface area contributed by atoms with Crippen molar-refractivity contribution in [2.45, 2.75) is 31.0 Å². The summed E-state index contributed by atoms with van der Waals surface area (Å²) in [5, 5.41) is 3.01. The van der Waals surface area contributed by atoms with Gasteiger partial charge in [0.2, 0.25) is 10.0 Å². The highest BCUT2D eigenvalue weighted by molar-refractivity contribution is 7.89. The van der Waals surface area contributed by atoms with Crippen LogP contribution in [0.1, 0.15) is 18.9 Å². The van der Waals surface area contributed by atoms with Crippen molar-refractivity contribution in [2.24, 2.45) is 0 Å². The smallest absolute Gasteiger partial charge is 0.313 e. The van der Waals surface area contributed by atoms with Gasteiger partial charge in [0, 0.05) is 20.1 Å². The van der Waals surface area contributed by atoms with Crippen LogP contribution in [0.15, 0.2) is 29.2 Å². The molecule has 0 aliphatic rings. The second kappa shape index (κ2) is 7.24. The number of rotatable bonds is 7. The molecule has 8 heteroatoms. The molecule has 0 aliphatic heterocycles. The first-order chi connectivity index (χ1) is 9.68. The van der Waals surface area contributed by atoms with Gasteiger partial charge < -0.3 is 5.32 Å². The molecule has 0 fully saturated rings. The molecule has 120 valence electrons. The van der Waals surface area contributed by atoms with Gasteiger partial charge in [0.15, 0.2) is 0 Å². The Balaban J connectivity index is 2.96. The van der Waals surface area contributed by atoms with Crippen LogP contribution >= 0.6 is 0 Å². The Kier molecular flexibility index (Phi) is 6.18. The van der Waals surface area contributed by atoms with Crippen LogP contribution in [0.3, 0.4) is 0 Å². The normalized spacial score (nSPS) is 12.9. The Morgan fingerprint density at radius 3 is 2.43 bits per heavy atom. The highest BCUT2D eigenvalue weighted by Gasteiger charge is 2.31. The fourth-order valence-corrected chi connectivity index (χ4v) is 3.12. The largest absolute Gasteiger partial charge is 0.390 e. The first-order valence-electron chi connectivity index (χ1n) is 6.50. The summed E-state index contributed by atoms with van der Waals surface area (Å²) < 4.78 is 62.1. The zero-order chi connectivity index (χ0) is 16.1. The van der Waals surface area contributed by atoms with Gasteiger partial charge in [0.25, 0.3) is 0 Å². The highest BCUT2D eigenvalue weighted by Crippen LogP contribution is 2.23. The molecule has 0 atom stereocenters. The second-order valence-corrected chi connectivity index (χ2v) is 6.59. The highest BCUT2D eigenvalue weighted by atomic mass is 32.2. The first-order valence-corrected chi connectivity index (χ1v) is 7.94. The molecule has 0 amide bonds. The minimum Gasteiger partial charge on any atom is -0.313 e. The number of hydrogen-bond donors (Lipinski definition) is 1. The Bertz CT molecular complexity index is 559. The molecular weight excluding hydrogens is 305 g/mol. The van der Waals surface area contributed by atoms with E-state index >= 15 is 0 Å². The van der Waals surface area contributed by atoms with Crippen molar-refractivity contribution < 1.29 is 21.6 Å². The third kappa shape index (κ3) is 5.29. The predicted molar refractivity (Wildman–Crippen MR) is 74.3 cm³/mol. The molecule has 0 heterocycles. The van der Waals surface area contributed by atoms with Crippen molar-refractivity contribution >= 4 is 10.0 Å². The Hall–Kier alpha value is -1.12. The van der Waals surface area contributed by atoms with Gasteiger partial charge in [-0.1, -0.05) is 25.1 Å². The van der Waals surface area contributed by atoms with E-state index in [1.165, 1.54) is 6.07 Å². The van der Waals surface area contributed by atoms with Gasteiger partial charge in [0.1, 0.15) is 0 Å². The second-order valence-electron chi connectivity index (χ2n) is 4.58. The average Bonchev–Trinajstić information content (AvgIpc) is 2.41. The van der Waals surface area contributed by atoms with Crippen LogP contribution in [0.25, 0.3) is 0 Å². The SMILES string of the molecule is CCNCc1ccccc1S(=O)(=O)N(C)CCC(F)(F)F. The van der Waals surface area contributed by atoms with Crippen molar-refractivity contribution in [1.29, 1.82) is 0 Å². The maximum Gasteiger partial charge on any atom is 0.390 e. The lowest BCUT2D eigenvalue weighted by atomic mass is 10.2. The average molecular weight is 324 g/mol. The molecule has 0 saturated carbocycles. The predicted octanol–water partition coefficient (Wildman–Crippen LogP) is 2.37. The van der Waals surface area contributed by atoms with Crippen LogP contribution in [-0.4, -0.2) is 39.0 Å². The van der Waals surface area contributed by atoms with E-state index in [0.29, 0.717) is 18.7 Å². The van der Waals surface area contributed by atoms with E-state index in [4.69, 9.17) is 0 Å². The van der Waals surface area contributed by atoms with E-state index < -0.39 is 29.2 Å². The van der Waals surface area contributed by atoms with E-state index in [9.17, 15) is 21.6 Å². The van der Waals surface area contributed by atoms with Crippen LogP contribution in [-0.2, 0) is 16.6 Å². The molecule has 0 spiro atoms. The number of benzene rings is 1. The molecule has 4 nitrogen and oxygen atoms in total. The van der Waals surface area contributed by atoms with Gasteiger partial charge >= 0.3 is 6.18 Å². The van der Waals surface area contributed by atoms with E-state index in [-0.39, 0.29) is 4.90 Å². The monoisotopic (exact) mass is 324 g/mol. The van der Waals surface area contributed by atoms with Crippen molar-refractivity contribution in [1.82, 2.24) is 9.62 Å². The summed E-state index contributed by atoms with van der Waals surface area (Å²) in [6.07, 6.45) is -5.55. The fraction of sp³-hybridized carbons (Fsp3) is 0.538. The molecule has 1 rings (SSSR count). The molecule has 0 radical (unpaired) electrons. The summed E-state index contributed by atoms with van der Waals surface area (Å²) in [5.41, 5.74) is 0.540. The Morgan fingerprint density at radius 2 is 1.86 bits per heavy atom. The number of halogens is 3. The molecule has 1 N–H and O–H groups in total. The lowest BCUT2D eigenvalue weighted by molar-refractivity contribution is -0.135. The third-order valence-corrected chi connectivity index (χ3v) is 4.89. The van der Waals surface area contributed by atoms with E-state index in [1.54, 1.807) is 18.2 Å². The van der Waals surface area contributed by atoms with Crippen molar-refractivity contribution in [3.05, 3.63) is 29.8 Å². The Morgan fingerprint density at radius 1 is 1.24 bits per heavy atom. The van der Waals surface area contributed by atoms with Gasteiger partial charge in [-0.05, 0) is 18.2 Å². The standard InChI is InChI=1S/C13H19F3N2O2S/c1-3-17-10-11-6-4-5-7-12(11)21(19,20)18(2)9-8-13(14,15)16/h4-7,17H,3,8-10H2,1-2H3. The summed E-state index contributed by atoms with van der Waals surface area (Å²) in [6.45, 7) is 2.30. The summed E-state index contributed by atoms with van der Waals surface area (Å²) >= 11 is 0. The van der Waals surface area contributed by atoms with Gasteiger partial charge in [-0.25, -0.2) is 12.7 Å². The van der Waals surface area contributed by atoms with Crippen LogP contribution < -0.4 is 5.32 Å². The lowest BCUT2D eigenvalue weighted by Crippen LogP contribution is -2.31. The number of nitrogens with zero attached hydrogens (tertiary/aromatic N) is 1. The summed E-state index contributed by atoms with van der Waals surface area (Å²) in [5.74, 6) is 0. The van der Waals surface area contributed by atoms with E-state index in [0.717, 1.165) is 11.4 Å². The first kappa shape index (κ1) is 17.9. The summed E-state index contributed by atoms with van der Waals surface area (Å²) in [4.78, 5) is 0.0376. The van der Waals surface area contributed by atoms with Crippen LogP contribution in [0, 0.1) is 0 Å². The number of sulfonamides is 1. The van der Waals surface area contributed by atoms with Gasteiger partial charge in [-0.15, -0.1) is 0 Å². The quantitative estimate of drug-likeness (QED) is 0.838. The zero-order valence-electron chi connectivity index (χ0n) is 11.9. The summed E-state index contributed by atoms with van der Waals surface area (Å²) in [7, 11) is -2.77. The van der Waals surface area contributed by atoms with Crippen LogP contribution in [0.2, 0.25) is 0 Å². The molecule has 1 aromatic rings.